The van der Waals surface area contributed by atoms with Crippen LogP contribution in [0.2, 0.25) is 0 Å². The number of ether oxygens (including phenoxy) is 2. The van der Waals surface area contributed by atoms with Crippen LogP contribution in [-0.4, -0.2) is 56.6 Å². The van der Waals surface area contributed by atoms with Gasteiger partial charge in [-0.2, -0.15) is 0 Å². The lowest BCUT2D eigenvalue weighted by molar-refractivity contribution is -0.134. The van der Waals surface area contributed by atoms with Crippen molar-refractivity contribution in [3.8, 4) is 5.75 Å². The van der Waals surface area contributed by atoms with Crippen molar-refractivity contribution in [2.75, 3.05) is 26.4 Å². The summed E-state index contributed by atoms with van der Waals surface area (Å²) in [7, 11) is -4.07. The molecule has 1 saturated heterocycles. The molecule has 0 unspecified atom stereocenters. The lowest BCUT2D eigenvalue weighted by atomic mass is 9.98. The normalized spacial score (nSPS) is 15.5. The van der Waals surface area contributed by atoms with E-state index in [1.54, 1.807) is 24.3 Å². The number of benzene rings is 2. The Hall–Kier alpha value is -2.95. The minimum atomic E-state index is -4.07. The van der Waals surface area contributed by atoms with E-state index in [1.807, 2.05) is 6.07 Å². The monoisotopic (exact) mass is 462 g/mol. The third-order valence-electron chi connectivity index (χ3n) is 5.38. The molecule has 1 aliphatic rings. The van der Waals surface area contributed by atoms with Gasteiger partial charge in [0.25, 0.3) is 11.8 Å². The van der Waals surface area contributed by atoms with Crippen LogP contribution in [0, 0.1) is 0 Å². The van der Waals surface area contributed by atoms with Crippen LogP contribution in [0.3, 0.4) is 0 Å². The predicted octanol–water partition coefficient (Wildman–Crippen LogP) is 1.71. The molecule has 1 fully saturated rings. The van der Waals surface area contributed by atoms with Crippen molar-refractivity contribution < 1.29 is 32.7 Å². The molecule has 1 heterocycles. The van der Waals surface area contributed by atoms with E-state index in [0.717, 1.165) is 0 Å². The quantitative estimate of drug-likeness (QED) is 0.294. The van der Waals surface area contributed by atoms with E-state index in [-0.39, 0.29) is 36.9 Å². The highest BCUT2D eigenvalue weighted by molar-refractivity contribution is 7.93. The molecule has 0 saturated carbocycles. The van der Waals surface area contributed by atoms with Gasteiger partial charge in [-0.3, -0.25) is 14.8 Å². The molecular weight excluding hydrogens is 436 g/mol. The van der Waals surface area contributed by atoms with Crippen molar-refractivity contribution >= 4 is 21.7 Å². The van der Waals surface area contributed by atoms with E-state index in [4.69, 9.17) is 14.7 Å². The van der Waals surface area contributed by atoms with Crippen molar-refractivity contribution in [1.29, 1.82) is 0 Å². The standard InChI is InChI=1S/C22H26N2O7S/c25-20(17-5-2-1-3-6-17)23-13-4-14-31-18-7-9-19(10-8-18)32(28,29)22(21(26)24-27)11-15-30-16-12-22/h1-3,5-10,27H,4,11-16H2,(H,23,25)(H,24,26). The Morgan fingerprint density at radius 2 is 1.69 bits per heavy atom. The zero-order valence-electron chi connectivity index (χ0n) is 17.5. The topological polar surface area (TPSA) is 131 Å². The second-order valence-corrected chi connectivity index (χ2v) is 9.61. The first-order chi connectivity index (χ1) is 15.4. The summed E-state index contributed by atoms with van der Waals surface area (Å²) < 4.78 is 35.4. The summed E-state index contributed by atoms with van der Waals surface area (Å²) >= 11 is 0. The Morgan fingerprint density at radius 1 is 1.03 bits per heavy atom. The summed E-state index contributed by atoms with van der Waals surface area (Å²) in [6, 6.07) is 14.7. The van der Waals surface area contributed by atoms with Crippen LogP contribution in [0.4, 0.5) is 0 Å². The van der Waals surface area contributed by atoms with Gasteiger partial charge in [-0.05, 0) is 55.7 Å². The maximum absolute atomic E-state index is 13.2. The molecule has 0 radical (unpaired) electrons. The zero-order valence-corrected chi connectivity index (χ0v) is 18.3. The number of nitrogens with one attached hydrogen (secondary N) is 2. The van der Waals surface area contributed by atoms with Gasteiger partial charge in [-0.15, -0.1) is 0 Å². The summed E-state index contributed by atoms with van der Waals surface area (Å²) in [5.74, 6) is -0.654. The number of rotatable bonds is 9. The second kappa shape index (κ2) is 10.6. The molecule has 3 N–H and O–H groups in total. The van der Waals surface area contributed by atoms with E-state index in [2.05, 4.69) is 5.32 Å². The first kappa shape index (κ1) is 23.7. The SMILES string of the molecule is O=C(NCCCOc1ccc(S(=O)(=O)C2(C(=O)NO)CCOCC2)cc1)c1ccccc1. The molecule has 9 nitrogen and oxygen atoms in total. The molecule has 2 amide bonds. The first-order valence-electron chi connectivity index (χ1n) is 10.2. The average Bonchev–Trinajstić information content (AvgIpc) is 2.84. The van der Waals surface area contributed by atoms with Crippen LogP contribution in [0.1, 0.15) is 29.6 Å². The Kier molecular flexibility index (Phi) is 7.84. The molecule has 1 aliphatic heterocycles. The summed E-state index contributed by atoms with van der Waals surface area (Å²) in [5, 5.41) is 11.9. The Bertz CT molecular complexity index is 1020. The van der Waals surface area contributed by atoms with E-state index < -0.39 is 20.5 Å². The zero-order chi connectivity index (χ0) is 23.0. The molecule has 0 aliphatic carbocycles. The van der Waals surface area contributed by atoms with Gasteiger partial charge in [0, 0.05) is 25.3 Å². The second-order valence-electron chi connectivity index (χ2n) is 7.35. The van der Waals surface area contributed by atoms with Crippen LogP contribution < -0.4 is 15.5 Å². The number of sulfone groups is 1. The van der Waals surface area contributed by atoms with Gasteiger partial charge in [0.05, 0.1) is 11.5 Å². The highest BCUT2D eigenvalue weighted by atomic mass is 32.2. The smallest absolute Gasteiger partial charge is 0.265 e. The molecule has 32 heavy (non-hydrogen) atoms. The molecule has 0 atom stereocenters. The van der Waals surface area contributed by atoms with Crippen LogP contribution in [-0.2, 0) is 19.4 Å². The van der Waals surface area contributed by atoms with Gasteiger partial charge < -0.3 is 14.8 Å². The largest absolute Gasteiger partial charge is 0.494 e. The minimum absolute atomic E-state index is 0.0366. The highest BCUT2D eigenvalue weighted by Gasteiger charge is 2.52. The molecule has 3 rings (SSSR count). The molecule has 10 heteroatoms. The lowest BCUT2D eigenvalue weighted by Crippen LogP contribution is -2.54. The van der Waals surface area contributed by atoms with Gasteiger partial charge in [0.1, 0.15) is 5.75 Å². The summed E-state index contributed by atoms with van der Waals surface area (Å²) in [6.07, 6.45) is 0.474. The van der Waals surface area contributed by atoms with E-state index in [1.165, 1.54) is 29.7 Å². The number of hydrogen-bond acceptors (Lipinski definition) is 7. The fourth-order valence-electron chi connectivity index (χ4n) is 3.52. The molecule has 0 aromatic heterocycles. The van der Waals surface area contributed by atoms with Crippen molar-refractivity contribution in [2.24, 2.45) is 0 Å². The highest BCUT2D eigenvalue weighted by Crippen LogP contribution is 2.35. The molecule has 2 aromatic carbocycles. The van der Waals surface area contributed by atoms with E-state index in [0.29, 0.717) is 30.9 Å². The summed E-state index contributed by atoms with van der Waals surface area (Å²) in [4.78, 5) is 24.2. The lowest BCUT2D eigenvalue weighted by Gasteiger charge is -2.34. The van der Waals surface area contributed by atoms with Crippen LogP contribution in [0.5, 0.6) is 5.75 Å². The predicted molar refractivity (Wildman–Crippen MR) is 115 cm³/mol. The van der Waals surface area contributed by atoms with Gasteiger partial charge in [-0.25, -0.2) is 13.9 Å². The number of amides is 2. The molecular formula is C22H26N2O7S. The van der Waals surface area contributed by atoms with Crippen molar-refractivity contribution in [2.45, 2.75) is 28.9 Å². The van der Waals surface area contributed by atoms with Crippen molar-refractivity contribution in [3.05, 3.63) is 60.2 Å². The fraction of sp³-hybridized carbons (Fsp3) is 0.364. The average molecular weight is 463 g/mol. The minimum Gasteiger partial charge on any atom is -0.494 e. The molecule has 172 valence electrons. The maximum atomic E-state index is 13.2. The maximum Gasteiger partial charge on any atom is 0.265 e. The Morgan fingerprint density at radius 3 is 2.31 bits per heavy atom. The van der Waals surface area contributed by atoms with Gasteiger partial charge in [-0.1, -0.05) is 18.2 Å². The Labute approximate surface area is 186 Å². The first-order valence-corrected chi connectivity index (χ1v) is 11.7. The molecule has 2 aromatic rings. The van der Waals surface area contributed by atoms with Crippen molar-refractivity contribution in [3.63, 3.8) is 0 Å². The Balaban J connectivity index is 1.55. The van der Waals surface area contributed by atoms with E-state index in [9.17, 15) is 18.0 Å². The third kappa shape index (κ3) is 5.09. The number of hydroxylamine groups is 1. The summed E-state index contributed by atoms with van der Waals surface area (Å²) in [6.45, 7) is 0.972. The van der Waals surface area contributed by atoms with Crippen LogP contribution in [0.15, 0.2) is 59.5 Å². The van der Waals surface area contributed by atoms with Gasteiger partial charge >= 0.3 is 0 Å². The van der Waals surface area contributed by atoms with Crippen LogP contribution >= 0.6 is 0 Å². The van der Waals surface area contributed by atoms with Crippen molar-refractivity contribution in [1.82, 2.24) is 10.8 Å². The molecule has 0 bridgehead atoms. The van der Waals surface area contributed by atoms with Crippen LogP contribution in [0.25, 0.3) is 0 Å². The number of carbonyl (C=O) groups excluding carboxylic acids is 2. The number of carbonyl (C=O) groups is 2. The number of hydrogen-bond donors (Lipinski definition) is 3. The van der Waals surface area contributed by atoms with Gasteiger partial charge in [0.15, 0.2) is 14.6 Å². The molecule has 0 spiro atoms. The van der Waals surface area contributed by atoms with E-state index >= 15 is 0 Å². The van der Waals surface area contributed by atoms with Gasteiger partial charge in [0.2, 0.25) is 0 Å². The third-order valence-corrected chi connectivity index (χ3v) is 7.89. The summed E-state index contributed by atoms with van der Waals surface area (Å²) in [5.41, 5.74) is 2.08. The fourth-order valence-corrected chi connectivity index (χ4v) is 5.46.